The molecule has 0 aliphatic carbocycles. The highest BCUT2D eigenvalue weighted by Gasteiger charge is 2.68. The van der Waals surface area contributed by atoms with Crippen LogP contribution in [0.1, 0.15) is 13.8 Å². The Bertz CT molecular complexity index is 251. The molecule has 0 fully saturated rings. The molecule has 3 nitrogen and oxygen atoms in total. The summed E-state index contributed by atoms with van der Waals surface area (Å²) in [6.07, 6.45) is 0. The van der Waals surface area contributed by atoms with E-state index in [4.69, 9.17) is 13.3 Å². The SMILES string of the molecule is CCO[Si](OC)(OC)C(C)([Si](C)(C)C)[Si](C)(C)C. The molecule has 0 N–H and O–H groups in total. The summed E-state index contributed by atoms with van der Waals surface area (Å²) in [6.45, 7) is 19.5. The fraction of sp³-hybridized carbons (Fsp3) is 1.00. The van der Waals surface area contributed by atoms with Gasteiger partial charge in [-0.2, -0.15) is 0 Å². The predicted octanol–water partition coefficient (Wildman–Crippen LogP) is 3.77. The van der Waals surface area contributed by atoms with E-state index >= 15 is 0 Å². The van der Waals surface area contributed by atoms with E-state index in [0.29, 0.717) is 6.61 Å². The van der Waals surface area contributed by atoms with E-state index in [1.165, 1.54) is 0 Å². The second kappa shape index (κ2) is 5.89. The average Bonchev–Trinajstić information content (AvgIpc) is 2.22. The van der Waals surface area contributed by atoms with Crippen LogP contribution in [0.4, 0.5) is 0 Å². The van der Waals surface area contributed by atoms with Gasteiger partial charge in [-0.3, -0.25) is 0 Å². The first-order valence-corrected chi connectivity index (χ1v) is 15.4. The monoisotopic (exact) mass is 308 g/mol. The van der Waals surface area contributed by atoms with Crippen LogP contribution in [0.5, 0.6) is 0 Å². The molecule has 0 unspecified atom stereocenters. The Labute approximate surface area is 117 Å². The van der Waals surface area contributed by atoms with Crippen LogP contribution < -0.4 is 0 Å². The molecule has 0 heterocycles. The van der Waals surface area contributed by atoms with Gasteiger partial charge in [0.2, 0.25) is 0 Å². The Balaban J connectivity index is 5.99. The zero-order valence-electron chi connectivity index (χ0n) is 13.9. The molecule has 0 aliphatic rings. The number of rotatable bonds is 7. The van der Waals surface area contributed by atoms with Crippen molar-refractivity contribution < 1.29 is 13.3 Å². The van der Waals surface area contributed by atoms with Crippen LogP contribution in [0.2, 0.25) is 43.6 Å². The standard InChI is InChI=1S/C12H32O3Si3/c1-11-15-18(13-3,14-4)12(2,16(5,6)7)17(8,9)10/h11H2,1-10H3. The highest BCUT2D eigenvalue weighted by Crippen LogP contribution is 2.53. The molecular formula is C12H32O3Si3. The van der Waals surface area contributed by atoms with Crippen molar-refractivity contribution in [3.8, 4) is 0 Å². The van der Waals surface area contributed by atoms with Gasteiger partial charge >= 0.3 is 8.80 Å². The lowest BCUT2D eigenvalue weighted by atomic mass is 10.9. The molecule has 0 saturated carbocycles. The Morgan fingerprint density at radius 3 is 1.33 bits per heavy atom. The minimum absolute atomic E-state index is 0.0898. The summed E-state index contributed by atoms with van der Waals surface area (Å²) in [5.74, 6) is 0. The zero-order chi connectivity index (χ0) is 14.8. The summed E-state index contributed by atoms with van der Waals surface area (Å²) in [4.78, 5) is 0. The second-order valence-electron chi connectivity index (χ2n) is 7.02. The average molecular weight is 309 g/mol. The van der Waals surface area contributed by atoms with Crippen molar-refractivity contribution >= 4 is 25.0 Å². The maximum atomic E-state index is 6.11. The third-order valence-electron chi connectivity index (χ3n) is 4.48. The van der Waals surface area contributed by atoms with Crippen molar-refractivity contribution in [1.82, 2.24) is 0 Å². The molecule has 0 amide bonds. The van der Waals surface area contributed by atoms with Gasteiger partial charge in [0.05, 0.1) is 16.1 Å². The van der Waals surface area contributed by atoms with Gasteiger partial charge in [-0.1, -0.05) is 46.2 Å². The van der Waals surface area contributed by atoms with Crippen LogP contribution >= 0.6 is 0 Å². The van der Waals surface area contributed by atoms with E-state index in [1.807, 2.05) is 6.92 Å². The molecule has 0 aromatic carbocycles. The maximum Gasteiger partial charge on any atom is 0.500 e. The van der Waals surface area contributed by atoms with Crippen molar-refractivity contribution in [3.05, 3.63) is 0 Å². The Hall–Kier alpha value is 0.531. The van der Waals surface area contributed by atoms with Gasteiger partial charge in [0, 0.05) is 25.1 Å². The van der Waals surface area contributed by atoms with Crippen molar-refractivity contribution in [2.24, 2.45) is 0 Å². The molecule has 110 valence electrons. The van der Waals surface area contributed by atoms with Gasteiger partial charge in [0.1, 0.15) is 0 Å². The zero-order valence-corrected chi connectivity index (χ0v) is 16.9. The molecule has 0 radical (unpaired) electrons. The maximum absolute atomic E-state index is 6.11. The lowest BCUT2D eigenvalue weighted by Gasteiger charge is -2.55. The Morgan fingerprint density at radius 2 is 1.17 bits per heavy atom. The van der Waals surface area contributed by atoms with Crippen LogP contribution in [0.3, 0.4) is 0 Å². The normalized spacial score (nSPS) is 15.0. The summed E-state index contributed by atoms with van der Waals surface area (Å²) in [5, 5.41) is 0. The topological polar surface area (TPSA) is 27.7 Å². The quantitative estimate of drug-likeness (QED) is 0.670. The highest BCUT2D eigenvalue weighted by atomic mass is 28.5. The minimum atomic E-state index is -2.64. The summed E-state index contributed by atoms with van der Waals surface area (Å²) in [7, 11) is -2.16. The van der Waals surface area contributed by atoms with E-state index < -0.39 is 25.0 Å². The minimum Gasteiger partial charge on any atom is -0.377 e. The molecule has 18 heavy (non-hydrogen) atoms. The van der Waals surface area contributed by atoms with Crippen LogP contribution in [-0.4, -0.2) is 45.8 Å². The van der Waals surface area contributed by atoms with E-state index in [0.717, 1.165) is 0 Å². The van der Waals surface area contributed by atoms with E-state index in [2.05, 4.69) is 46.2 Å². The van der Waals surface area contributed by atoms with Gasteiger partial charge in [0.25, 0.3) is 0 Å². The van der Waals surface area contributed by atoms with Crippen molar-refractivity contribution in [2.45, 2.75) is 57.4 Å². The lowest BCUT2D eigenvalue weighted by Crippen LogP contribution is -2.70. The summed E-state index contributed by atoms with van der Waals surface area (Å²) in [6, 6.07) is 0. The van der Waals surface area contributed by atoms with Gasteiger partial charge in [-0.25, -0.2) is 0 Å². The van der Waals surface area contributed by atoms with Crippen molar-refractivity contribution in [3.63, 3.8) is 0 Å². The molecule has 0 bridgehead atoms. The number of hydrogen-bond acceptors (Lipinski definition) is 3. The van der Waals surface area contributed by atoms with Crippen LogP contribution in [0.25, 0.3) is 0 Å². The third-order valence-corrected chi connectivity index (χ3v) is 24.3. The molecule has 0 aliphatic heterocycles. The van der Waals surface area contributed by atoms with Gasteiger partial charge in [-0.15, -0.1) is 0 Å². The largest absolute Gasteiger partial charge is 0.500 e. The highest BCUT2D eigenvalue weighted by molar-refractivity contribution is 7.11. The first-order chi connectivity index (χ1) is 7.93. The summed E-state index contributed by atoms with van der Waals surface area (Å²) in [5.41, 5.74) is 0. The second-order valence-corrected chi connectivity index (χ2v) is 22.7. The van der Waals surface area contributed by atoms with E-state index in [-0.39, 0.29) is 4.28 Å². The lowest BCUT2D eigenvalue weighted by molar-refractivity contribution is 0.0953. The molecule has 0 rings (SSSR count). The van der Waals surface area contributed by atoms with E-state index in [1.54, 1.807) is 14.2 Å². The molecular weight excluding hydrogens is 276 g/mol. The van der Waals surface area contributed by atoms with Gasteiger partial charge in [-0.05, 0) is 6.92 Å². The van der Waals surface area contributed by atoms with Crippen molar-refractivity contribution in [1.29, 1.82) is 0 Å². The van der Waals surface area contributed by atoms with Crippen LogP contribution in [0, 0.1) is 0 Å². The first-order valence-electron chi connectivity index (χ1n) is 6.67. The van der Waals surface area contributed by atoms with Crippen LogP contribution in [-0.2, 0) is 13.3 Å². The molecule has 0 spiro atoms. The molecule has 6 heteroatoms. The fourth-order valence-electron chi connectivity index (χ4n) is 2.99. The predicted molar refractivity (Wildman–Crippen MR) is 86.5 cm³/mol. The summed E-state index contributed by atoms with van der Waals surface area (Å²) < 4.78 is 18.0. The summed E-state index contributed by atoms with van der Waals surface area (Å²) >= 11 is 0. The Morgan fingerprint density at radius 1 is 0.833 bits per heavy atom. The molecule has 0 aromatic heterocycles. The van der Waals surface area contributed by atoms with Gasteiger partial charge < -0.3 is 13.3 Å². The van der Waals surface area contributed by atoms with Crippen molar-refractivity contribution in [2.75, 3.05) is 20.8 Å². The Kier molecular flexibility index (Phi) is 6.06. The third kappa shape index (κ3) is 2.83. The molecule has 0 aromatic rings. The first kappa shape index (κ1) is 18.5. The number of hydrogen-bond donors (Lipinski definition) is 0. The fourth-order valence-corrected chi connectivity index (χ4v) is 22.9. The molecule has 0 atom stereocenters. The van der Waals surface area contributed by atoms with Gasteiger partial charge in [0.15, 0.2) is 0 Å². The van der Waals surface area contributed by atoms with Crippen LogP contribution in [0.15, 0.2) is 0 Å². The smallest absolute Gasteiger partial charge is 0.377 e. The van der Waals surface area contributed by atoms with E-state index in [9.17, 15) is 0 Å². The molecule has 0 saturated heterocycles.